The largest absolute Gasteiger partial charge is 0.394 e. The normalized spacial score (nSPS) is 42.1. The van der Waals surface area contributed by atoms with Crippen LogP contribution in [0.3, 0.4) is 0 Å². The van der Waals surface area contributed by atoms with Crippen LogP contribution < -0.4 is 0 Å². The van der Waals surface area contributed by atoms with Crippen molar-refractivity contribution >= 4 is 34.3 Å². The van der Waals surface area contributed by atoms with E-state index in [1.54, 1.807) is 0 Å². The van der Waals surface area contributed by atoms with Gasteiger partial charge in [-0.15, -0.1) is 0 Å². The first kappa shape index (κ1) is 22.0. The lowest BCUT2D eigenvalue weighted by Gasteiger charge is -2.39. The molecule has 1 amide bonds. The van der Waals surface area contributed by atoms with Crippen molar-refractivity contribution in [1.29, 1.82) is 0 Å². The summed E-state index contributed by atoms with van der Waals surface area (Å²) < 4.78 is 16.7. The number of ketones is 1. The van der Waals surface area contributed by atoms with Gasteiger partial charge in [0.25, 0.3) is 0 Å². The Bertz CT molecular complexity index is 643. The number of carbonyl (C=O) groups is 2. The van der Waals surface area contributed by atoms with Crippen LogP contribution in [0.25, 0.3) is 0 Å². The molecule has 0 bridgehead atoms. The first-order valence-electron chi connectivity index (χ1n) is 8.70. The summed E-state index contributed by atoms with van der Waals surface area (Å²) in [5.74, 6) is -0.707. The van der Waals surface area contributed by atoms with Crippen molar-refractivity contribution in [2.75, 3.05) is 13.2 Å². The number of halogens is 1. The van der Waals surface area contributed by atoms with Gasteiger partial charge in [0.2, 0.25) is 5.91 Å². The fraction of sp³-hybridized carbons (Fsp3) is 0.750. The smallest absolute Gasteiger partial charge is 0.236 e. The van der Waals surface area contributed by atoms with Crippen LogP contribution >= 0.6 is 22.6 Å². The second-order valence-electron chi connectivity index (χ2n) is 6.84. The highest BCUT2D eigenvalue weighted by molar-refractivity contribution is 14.1. The van der Waals surface area contributed by atoms with E-state index in [1.807, 2.05) is 22.6 Å². The zero-order chi connectivity index (χ0) is 20.6. The minimum Gasteiger partial charge on any atom is -0.394 e. The van der Waals surface area contributed by atoms with Crippen molar-refractivity contribution in [3.63, 3.8) is 0 Å². The first-order chi connectivity index (χ1) is 13.2. The van der Waals surface area contributed by atoms with Gasteiger partial charge in [0, 0.05) is 12.6 Å². The van der Waals surface area contributed by atoms with Crippen LogP contribution in [-0.2, 0) is 23.8 Å². The monoisotopic (exact) mass is 511 g/mol. The average molecular weight is 511 g/mol. The Hall–Kier alpha value is -0.710. The number of Topliss-reactive ketones (excluding diaryl/α,β-unsaturated/α-hetero) is 1. The maximum Gasteiger partial charge on any atom is 0.236 e. The molecule has 0 aromatic carbocycles. The topological polar surface area (TPSA) is 166 Å². The first-order valence-corrected chi connectivity index (χ1v) is 9.78. The number of hydrogen-bond acceptors (Lipinski definition) is 10. The Kier molecular flexibility index (Phi) is 7.05. The number of ether oxygens (including phenoxy) is 3. The van der Waals surface area contributed by atoms with Crippen LogP contribution in [0, 0.1) is 0 Å². The average Bonchev–Trinajstić information content (AvgIpc) is 3.02. The summed E-state index contributed by atoms with van der Waals surface area (Å²) in [6.45, 7) is -0.821. The summed E-state index contributed by atoms with van der Waals surface area (Å²) in [5, 5.41) is 48.9. The molecule has 28 heavy (non-hydrogen) atoms. The van der Waals surface area contributed by atoms with Gasteiger partial charge >= 0.3 is 0 Å². The summed E-state index contributed by atoms with van der Waals surface area (Å²) in [7, 11) is 0. The van der Waals surface area contributed by atoms with Crippen molar-refractivity contribution in [1.82, 2.24) is 4.90 Å². The minimum absolute atomic E-state index is 0.100. The van der Waals surface area contributed by atoms with E-state index in [4.69, 9.17) is 14.2 Å². The zero-order valence-electron chi connectivity index (χ0n) is 14.6. The van der Waals surface area contributed by atoms with Gasteiger partial charge in [-0.3, -0.25) is 14.5 Å². The third kappa shape index (κ3) is 4.39. The van der Waals surface area contributed by atoms with E-state index in [0.717, 1.165) is 0 Å². The molecule has 0 spiro atoms. The summed E-state index contributed by atoms with van der Waals surface area (Å²) in [6, 6.07) is 0. The molecule has 8 atom stereocenters. The predicted octanol–water partition coefficient (Wildman–Crippen LogP) is -2.64. The Morgan fingerprint density at radius 2 is 1.82 bits per heavy atom. The third-order valence-corrected chi connectivity index (χ3v) is 5.79. The van der Waals surface area contributed by atoms with Crippen LogP contribution in [-0.4, -0.2) is 104 Å². The molecule has 158 valence electrons. The zero-order valence-corrected chi connectivity index (χ0v) is 16.8. The molecule has 5 N–H and O–H groups in total. The minimum atomic E-state index is -1.58. The van der Waals surface area contributed by atoms with Crippen LogP contribution in [0.1, 0.15) is 12.8 Å². The number of nitrogens with zero attached hydrogens (tertiary/aromatic N) is 1. The summed E-state index contributed by atoms with van der Waals surface area (Å²) in [4.78, 5) is 24.9. The molecule has 0 saturated carbocycles. The number of rotatable bonds is 5. The lowest BCUT2D eigenvalue weighted by atomic mass is 9.99. The van der Waals surface area contributed by atoms with Gasteiger partial charge in [-0.05, 0) is 22.6 Å². The van der Waals surface area contributed by atoms with E-state index in [-0.39, 0.29) is 25.2 Å². The quantitative estimate of drug-likeness (QED) is 0.195. The van der Waals surface area contributed by atoms with Gasteiger partial charge in [-0.1, -0.05) is 0 Å². The highest BCUT2D eigenvalue weighted by atomic mass is 123. The molecular formula is C16H22INO10. The molecule has 3 heterocycles. The maximum absolute atomic E-state index is 12.1. The van der Waals surface area contributed by atoms with Crippen LogP contribution in [0.15, 0.2) is 9.78 Å². The van der Waals surface area contributed by atoms with Gasteiger partial charge in [0.05, 0.1) is 29.3 Å². The van der Waals surface area contributed by atoms with Crippen molar-refractivity contribution in [3.05, 3.63) is 9.78 Å². The SMILES string of the molecule is O=C1CC(=O)N([C@H]2C[C@@H](O)[C@@H](CO[C@@H]3O[C@H](CO)[C@@H](O)[C@H](O)[C@H]3O)O2)C=C1[123I]. The number of carbonyl (C=O) groups excluding carboxylic acids is 2. The summed E-state index contributed by atoms with van der Waals surface area (Å²) in [6.07, 6.45) is -8.49. The molecule has 0 radical (unpaired) electrons. The fourth-order valence-electron chi connectivity index (χ4n) is 3.25. The highest BCUT2D eigenvalue weighted by Crippen LogP contribution is 2.29. The van der Waals surface area contributed by atoms with Crippen LogP contribution in [0.4, 0.5) is 0 Å². The lowest BCUT2D eigenvalue weighted by Crippen LogP contribution is -2.59. The second-order valence-corrected chi connectivity index (χ2v) is 8.00. The van der Waals surface area contributed by atoms with Gasteiger partial charge < -0.3 is 39.7 Å². The number of aliphatic hydroxyl groups is 5. The Balaban J connectivity index is 1.58. The van der Waals surface area contributed by atoms with E-state index in [1.165, 1.54) is 11.1 Å². The molecule has 0 aromatic heterocycles. The molecule has 2 saturated heterocycles. The molecule has 12 heteroatoms. The van der Waals surface area contributed by atoms with Gasteiger partial charge in [-0.25, -0.2) is 0 Å². The maximum atomic E-state index is 12.1. The van der Waals surface area contributed by atoms with Crippen molar-refractivity contribution in [2.45, 2.75) is 62.0 Å². The molecule has 11 nitrogen and oxygen atoms in total. The van der Waals surface area contributed by atoms with E-state index >= 15 is 0 Å². The van der Waals surface area contributed by atoms with Crippen LogP contribution in [0.5, 0.6) is 0 Å². The van der Waals surface area contributed by atoms with E-state index in [2.05, 4.69) is 0 Å². The molecule has 0 unspecified atom stereocenters. The standard InChI is InChI=1S/C16H22INO10/c17-6-3-18(11(22)1-7(6)20)12-2-8(21)10(27-12)5-26-16-15(25)14(24)13(23)9(4-19)28-16/h3,8-10,12-16,19,21,23-25H,1-2,4-5H2/t8-,9-,10-,12-,13-,14+,15-,16-/m1/s1/i17-4. The Morgan fingerprint density at radius 3 is 2.50 bits per heavy atom. The van der Waals surface area contributed by atoms with Gasteiger partial charge in [0.1, 0.15) is 36.7 Å². The Morgan fingerprint density at radius 1 is 1.11 bits per heavy atom. The molecule has 3 aliphatic heterocycles. The fourth-order valence-corrected chi connectivity index (χ4v) is 3.74. The predicted molar refractivity (Wildman–Crippen MR) is 97.6 cm³/mol. The number of amides is 1. The Labute approximate surface area is 173 Å². The van der Waals surface area contributed by atoms with Crippen LogP contribution in [0.2, 0.25) is 0 Å². The molecule has 3 aliphatic rings. The molecule has 0 aromatic rings. The molecule has 0 aliphatic carbocycles. The highest BCUT2D eigenvalue weighted by Gasteiger charge is 2.45. The molecule has 3 rings (SSSR count). The summed E-state index contributed by atoms with van der Waals surface area (Å²) in [5.41, 5.74) is 0. The van der Waals surface area contributed by atoms with Gasteiger partial charge in [-0.2, -0.15) is 0 Å². The number of aliphatic hydroxyl groups excluding tert-OH is 5. The van der Waals surface area contributed by atoms with E-state index < -0.39 is 61.7 Å². The number of allylic oxidation sites excluding steroid dienone is 1. The lowest BCUT2D eigenvalue weighted by molar-refractivity contribution is -0.306. The molecular weight excluding hydrogens is 489 g/mol. The van der Waals surface area contributed by atoms with Crippen molar-refractivity contribution in [3.8, 4) is 0 Å². The van der Waals surface area contributed by atoms with Crippen molar-refractivity contribution < 1.29 is 49.3 Å². The van der Waals surface area contributed by atoms with E-state index in [9.17, 15) is 35.1 Å². The van der Waals surface area contributed by atoms with Crippen molar-refractivity contribution in [2.24, 2.45) is 0 Å². The molecule has 2 fully saturated rings. The van der Waals surface area contributed by atoms with E-state index in [0.29, 0.717) is 3.58 Å². The summed E-state index contributed by atoms with van der Waals surface area (Å²) >= 11 is 1.83. The van der Waals surface area contributed by atoms with Gasteiger partial charge in [0.15, 0.2) is 12.1 Å². The third-order valence-electron chi connectivity index (χ3n) is 4.91. The number of hydrogen-bond donors (Lipinski definition) is 5. The second kappa shape index (κ2) is 8.97.